The summed E-state index contributed by atoms with van der Waals surface area (Å²) in [6.07, 6.45) is 0. The highest BCUT2D eigenvalue weighted by molar-refractivity contribution is 7.78. The van der Waals surface area contributed by atoms with Crippen molar-refractivity contribution in [1.82, 2.24) is 0 Å². The van der Waals surface area contributed by atoms with Gasteiger partial charge in [-0.05, 0) is 18.3 Å². The van der Waals surface area contributed by atoms with Crippen molar-refractivity contribution in [1.29, 1.82) is 0 Å². The molecule has 1 heterocycles. The van der Waals surface area contributed by atoms with Crippen molar-refractivity contribution in [3.8, 4) is 5.75 Å². The molecule has 1 amide bonds. The van der Waals surface area contributed by atoms with Crippen LogP contribution in [0.5, 0.6) is 5.75 Å². The third-order valence-electron chi connectivity index (χ3n) is 2.28. The number of fused-ring (bicyclic) bond motifs is 1. The van der Waals surface area contributed by atoms with E-state index < -0.39 is 5.82 Å². The Hall–Kier alpha value is -1.78. The Bertz CT molecular complexity index is 512. The van der Waals surface area contributed by atoms with E-state index in [0.29, 0.717) is 11.4 Å². The number of isothiocyanates is 1. The molecule has 1 aliphatic heterocycles. The topological polar surface area (TPSA) is 41.9 Å². The first-order chi connectivity index (χ1) is 7.63. The highest BCUT2D eigenvalue weighted by Crippen LogP contribution is 2.36. The third kappa shape index (κ3) is 1.68. The number of rotatable bonds is 1. The van der Waals surface area contributed by atoms with Gasteiger partial charge >= 0.3 is 0 Å². The fraction of sp³-hybridized carbons (Fsp3) is 0.200. The molecule has 1 aromatic rings. The van der Waals surface area contributed by atoms with E-state index in [9.17, 15) is 9.18 Å². The summed E-state index contributed by atoms with van der Waals surface area (Å²) in [5.74, 6) is -0.432. The molecule has 0 fully saturated rings. The first-order valence-corrected chi connectivity index (χ1v) is 4.85. The van der Waals surface area contributed by atoms with Crippen molar-refractivity contribution in [2.45, 2.75) is 0 Å². The predicted octanol–water partition coefficient (Wildman–Crippen LogP) is 1.92. The van der Waals surface area contributed by atoms with Gasteiger partial charge in [-0.3, -0.25) is 4.79 Å². The largest absolute Gasteiger partial charge is 0.481 e. The minimum absolute atomic E-state index is 0.0406. The van der Waals surface area contributed by atoms with Gasteiger partial charge in [0.15, 0.2) is 12.4 Å². The van der Waals surface area contributed by atoms with Crippen molar-refractivity contribution in [2.24, 2.45) is 4.99 Å². The van der Waals surface area contributed by atoms with E-state index in [1.165, 1.54) is 17.0 Å². The summed E-state index contributed by atoms with van der Waals surface area (Å²) in [7, 11) is 1.59. The zero-order valence-corrected chi connectivity index (χ0v) is 9.18. The van der Waals surface area contributed by atoms with Gasteiger partial charge in [-0.1, -0.05) is 0 Å². The molecule has 2 rings (SSSR count). The van der Waals surface area contributed by atoms with Crippen LogP contribution in [-0.2, 0) is 4.79 Å². The quantitative estimate of drug-likeness (QED) is 0.554. The highest BCUT2D eigenvalue weighted by atomic mass is 32.1. The van der Waals surface area contributed by atoms with Crippen LogP contribution in [0.15, 0.2) is 17.1 Å². The van der Waals surface area contributed by atoms with Crippen LogP contribution in [0.4, 0.5) is 15.8 Å². The molecule has 0 atom stereocenters. The number of thiocarbonyl (C=S) groups is 1. The number of anilines is 1. The summed E-state index contributed by atoms with van der Waals surface area (Å²) in [6.45, 7) is -0.0846. The number of hydrogen-bond acceptors (Lipinski definition) is 4. The minimum Gasteiger partial charge on any atom is -0.481 e. The summed E-state index contributed by atoms with van der Waals surface area (Å²) in [4.78, 5) is 16.3. The molecule has 0 spiro atoms. The lowest BCUT2D eigenvalue weighted by Gasteiger charge is -2.26. The molecule has 0 saturated carbocycles. The normalized spacial score (nSPS) is 13.9. The number of ether oxygens (including phenoxy) is 1. The third-order valence-corrected chi connectivity index (χ3v) is 2.37. The van der Waals surface area contributed by atoms with Crippen LogP contribution in [-0.4, -0.2) is 24.7 Å². The molecule has 0 aromatic heterocycles. The number of amides is 1. The lowest BCUT2D eigenvalue weighted by Crippen LogP contribution is -2.35. The molecule has 0 aliphatic carbocycles. The summed E-state index contributed by atoms with van der Waals surface area (Å²) in [5, 5.41) is 2.08. The molecule has 1 aliphatic rings. The first-order valence-electron chi connectivity index (χ1n) is 4.44. The van der Waals surface area contributed by atoms with E-state index in [0.717, 1.165) is 0 Å². The maximum absolute atomic E-state index is 13.4. The van der Waals surface area contributed by atoms with E-state index in [-0.39, 0.29) is 18.2 Å². The summed E-state index contributed by atoms with van der Waals surface area (Å²) >= 11 is 4.41. The molecule has 0 radical (unpaired) electrons. The zero-order valence-electron chi connectivity index (χ0n) is 8.36. The second kappa shape index (κ2) is 4.00. The van der Waals surface area contributed by atoms with Crippen LogP contribution in [0.1, 0.15) is 0 Å². The van der Waals surface area contributed by atoms with Crippen molar-refractivity contribution in [3.05, 3.63) is 17.9 Å². The van der Waals surface area contributed by atoms with E-state index in [2.05, 4.69) is 22.4 Å². The molecule has 0 unspecified atom stereocenters. The number of likely N-dealkylation sites (N-methyl/N-ethyl adjacent to an activating group) is 1. The Balaban J connectivity index is 2.58. The van der Waals surface area contributed by atoms with E-state index in [1.54, 1.807) is 7.05 Å². The Kier molecular flexibility index (Phi) is 2.68. The number of nitrogens with zero attached hydrogens (tertiary/aromatic N) is 2. The second-order valence-corrected chi connectivity index (χ2v) is 3.40. The summed E-state index contributed by atoms with van der Waals surface area (Å²) in [5.41, 5.74) is 0.514. The van der Waals surface area contributed by atoms with Gasteiger partial charge in [0.2, 0.25) is 0 Å². The lowest BCUT2D eigenvalue weighted by molar-refractivity contribution is -0.120. The van der Waals surface area contributed by atoms with Crippen molar-refractivity contribution < 1.29 is 13.9 Å². The van der Waals surface area contributed by atoms with Crippen LogP contribution < -0.4 is 9.64 Å². The second-order valence-electron chi connectivity index (χ2n) is 3.22. The van der Waals surface area contributed by atoms with Crippen LogP contribution in [0.2, 0.25) is 0 Å². The molecule has 82 valence electrons. The molecular weight excluding hydrogens is 231 g/mol. The number of carbonyl (C=O) groups is 1. The van der Waals surface area contributed by atoms with Crippen LogP contribution >= 0.6 is 12.2 Å². The Morgan fingerprint density at radius 1 is 1.62 bits per heavy atom. The number of hydrogen-bond donors (Lipinski definition) is 0. The number of carbonyl (C=O) groups excluding carboxylic acids is 1. The minimum atomic E-state index is -0.557. The van der Waals surface area contributed by atoms with Gasteiger partial charge in [0.1, 0.15) is 11.4 Å². The van der Waals surface area contributed by atoms with Crippen LogP contribution in [0.3, 0.4) is 0 Å². The van der Waals surface area contributed by atoms with Gasteiger partial charge in [-0.25, -0.2) is 4.39 Å². The smallest absolute Gasteiger partial charge is 0.264 e. The molecule has 0 bridgehead atoms. The summed E-state index contributed by atoms with van der Waals surface area (Å²) < 4.78 is 18.5. The number of aliphatic imine (C=N–C) groups is 1. The first kappa shape index (κ1) is 10.7. The zero-order chi connectivity index (χ0) is 11.7. The van der Waals surface area contributed by atoms with Gasteiger partial charge in [0.05, 0.1) is 10.8 Å². The van der Waals surface area contributed by atoms with Gasteiger partial charge in [0, 0.05) is 13.1 Å². The number of benzene rings is 1. The number of halogens is 1. The molecule has 6 heteroatoms. The standard InChI is InChI=1S/C10H7FN2O2S/c1-13-8-3-7(12-5-16)6(11)2-9(8)15-4-10(13)14/h2-3H,4H2,1H3. The maximum atomic E-state index is 13.4. The van der Waals surface area contributed by atoms with Crippen LogP contribution in [0, 0.1) is 5.82 Å². The average Bonchev–Trinajstić information content (AvgIpc) is 2.26. The van der Waals surface area contributed by atoms with Gasteiger partial charge in [-0.2, -0.15) is 4.99 Å². The molecular formula is C10H7FN2O2S. The molecule has 1 aromatic carbocycles. The van der Waals surface area contributed by atoms with E-state index in [1.807, 2.05) is 0 Å². The van der Waals surface area contributed by atoms with Gasteiger partial charge < -0.3 is 9.64 Å². The van der Waals surface area contributed by atoms with Crippen molar-refractivity contribution >= 4 is 34.7 Å². The van der Waals surface area contributed by atoms with Crippen molar-refractivity contribution in [3.63, 3.8) is 0 Å². The molecule has 4 nitrogen and oxygen atoms in total. The average molecular weight is 238 g/mol. The Labute approximate surface area is 96.3 Å². The van der Waals surface area contributed by atoms with E-state index in [4.69, 9.17) is 4.74 Å². The summed E-state index contributed by atoms with van der Waals surface area (Å²) in [6, 6.07) is 2.59. The van der Waals surface area contributed by atoms with E-state index >= 15 is 0 Å². The van der Waals surface area contributed by atoms with Crippen LogP contribution in [0.25, 0.3) is 0 Å². The fourth-order valence-corrected chi connectivity index (χ4v) is 1.51. The maximum Gasteiger partial charge on any atom is 0.264 e. The predicted molar refractivity (Wildman–Crippen MR) is 60.0 cm³/mol. The monoisotopic (exact) mass is 238 g/mol. The SMILES string of the molecule is CN1C(=O)COc2cc(F)c(N=C=S)cc21. The Morgan fingerprint density at radius 2 is 2.38 bits per heavy atom. The molecule has 16 heavy (non-hydrogen) atoms. The van der Waals surface area contributed by atoms with Gasteiger partial charge in [-0.15, -0.1) is 0 Å². The molecule has 0 saturated heterocycles. The van der Waals surface area contributed by atoms with Crippen molar-refractivity contribution in [2.75, 3.05) is 18.6 Å². The van der Waals surface area contributed by atoms with Gasteiger partial charge in [0.25, 0.3) is 5.91 Å². The highest BCUT2D eigenvalue weighted by Gasteiger charge is 2.24. The fourth-order valence-electron chi connectivity index (χ4n) is 1.42. The molecule has 0 N–H and O–H groups in total. The lowest BCUT2D eigenvalue weighted by atomic mass is 10.2. The Morgan fingerprint density at radius 3 is 3.06 bits per heavy atom.